The Morgan fingerprint density at radius 1 is 0.559 bits per heavy atom. The number of hydrogen-bond acceptors (Lipinski definition) is 4. The van der Waals surface area contributed by atoms with E-state index < -0.39 is 0 Å². The standard InChI is InChI=1S/C30H32N2O2/c1-5-19(6-2)31-27-17-25(29(33)23-15-11-9-13-21(23)27)26-18-28(32-20(7-3)8-4)22-14-10-12-16-24(22)30(26)34/h9-20H,5-8H2,1-4H3/b31-27-,32-28+. The number of hydrogen-bond donors (Lipinski definition) is 0. The molecule has 4 nitrogen and oxygen atoms in total. The number of fused-ring (bicyclic) bond motifs is 2. The predicted octanol–water partition coefficient (Wildman–Crippen LogP) is 6.59. The summed E-state index contributed by atoms with van der Waals surface area (Å²) in [5, 5.41) is 0. The summed E-state index contributed by atoms with van der Waals surface area (Å²) in [5.74, 6) is -0.278. The van der Waals surface area contributed by atoms with Crippen molar-refractivity contribution in [1.82, 2.24) is 0 Å². The Bertz CT molecular complexity index is 1140. The van der Waals surface area contributed by atoms with Crippen molar-refractivity contribution < 1.29 is 9.59 Å². The molecule has 0 aromatic heterocycles. The van der Waals surface area contributed by atoms with Gasteiger partial charge in [-0.3, -0.25) is 19.6 Å². The summed E-state index contributed by atoms with van der Waals surface area (Å²) in [6.45, 7) is 8.47. The topological polar surface area (TPSA) is 58.9 Å². The average Bonchev–Trinajstić information content (AvgIpc) is 2.88. The van der Waals surface area contributed by atoms with Crippen molar-refractivity contribution in [2.75, 3.05) is 0 Å². The highest BCUT2D eigenvalue weighted by molar-refractivity contribution is 6.35. The second-order valence-corrected chi connectivity index (χ2v) is 8.83. The summed E-state index contributed by atoms with van der Waals surface area (Å²) in [4.78, 5) is 37.2. The minimum absolute atomic E-state index is 0.139. The Morgan fingerprint density at radius 2 is 0.882 bits per heavy atom. The van der Waals surface area contributed by atoms with Gasteiger partial charge in [0, 0.05) is 33.4 Å². The quantitative estimate of drug-likeness (QED) is 0.476. The molecular weight excluding hydrogens is 420 g/mol. The van der Waals surface area contributed by atoms with E-state index in [1.54, 1.807) is 0 Å². The van der Waals surface area contributed by atoms with Gasteiger partial charge in [-0.15, -0.1) is 0 Å². The highest BCUT2D eigenvalue weighted by Gasteiger charge is 2.33. The fourth-order valence-corrected chi connectivity index (χ4v) is 4.61. The fraction of sp³-hybridized carbons (Fsp3) is 0.333. The minimum Gasteiger partial charge on any atom is -0.289 e. The zero-order valence-corrected chi connectivity index (χ0v) is 20.5. The lowest BCUT2D eigenvalue weighted by molar-refractivity contribution is 0.0996. The van der Waals surface area contributed by atoms with Crippen molar-refractivity contribution in [2.45, 2.75) is 65.5 Å². The molecule has 174 valence electrons. The molecule has 0 saturated carbocycles. The van der Waals surface area contributed by atoms with Crippen LogP contribution in [0.15, 0.2) is 81.8 Å². The first-order valence-electron chi connectivity index (χ1n) is 12.4. The molecule has 2 aromatic rings. The minimum atomic E-state index is -0.139. The molecule has 0 fully saturated rings. The van der Waals surface area contributed by atoms with E-state index in [2.05, 4.69) is 27.7 Å². The maximum absolute atomic E-state index is 13.6. The molecule has 0 unspecified atom stereocenters. The summed E-state index contributed by atoms with van der Waals surface area (Å²) in [6, 6.07) is 15.4. The molecular formula is C30H32N2O2. The van der Waals surface area contributed by atoms with Crippen LogP contribution in [0.25, 0.3) is 0 Å². The molecule has 2 aliphatic rings. The Labute approximate surface area is 202 Å². The van der Waals surface area contributed by atoms with E-state index in [9.17, 15) is 9.59 Å². The van der Waals surface area contributed by atoms with Gasteiger partial charge in [-0.1, -0.05) is 76.2 Å². The van der Waals surface area contributed by atoms with E-state index >= 15 is 0 Å². The number of carbonyl (C=O) groups excluding carboxylic acids is 2. The fourth-order valence-electron chi connectivity index (χ4n) is 4.61. The molecule has 4 rings (SSSR count). The van der Waals surface area contributed by atoms with E-state index in [-0.39, 0.29) is 23.7 Å². The molecule has 0 bridgehead atoms. The van der Waals surface area contributed by atoms with Crippen molar-refractivity contribution >= 4 is 23.0 Å². The molecule has 4 heteroatoms. The van der Waals surface area contributed by atoms with Crippen molar-refractivity contribution in [3.63, 3.8) is 0 Å². The maximum Gasteiger partial charge on any atom is 0.194 e. The van der Waals surface area contributed by atoms with Crippen LogP contribution in [0.1, 0.15) is 85.2 Å². The molecule has 0 spiro atoms. The first-order valence-corrected chi connectivity index (χ1v) is 12.4. The van der Waals surface area contributed by atoms with Crippen LogP contribution in [0.2, 0.25) is 0 Å². The monoisotopic (exact) mass is 452 g/mol. The number of Topliss-reactive ketones (excluding diaryl/α,β-unsaturated/α-hetero) is 2. The first kappa shape index (κ1) is 23.7. The van der Waals surface area contributed by atoms with Crippen LogP contribution in [0, 0.1) is 0 Å². The van der Waals surface area contributed by atoms with E-state index in [0.29, 0.717) is 22.3 Å². The largest absolute Gasteiger partial charge is 0.289 e. The van der Waals surface area contributed by atoms with Crippen LogP contribution < -0.4 is 0 Å². The lowest BCUT2D eigenvalue weighted by atomic mass is 9.79. The third kappa shape index (κ3) is 4.37. The molecule has 34 heavy (non-hydrogen) atoms. The Balaban J connectivity index is 1.91. The second-order valence-electron chi connectivity index (χ2n) is 8.83. The van der Waals surface area contributed by atoms with Crippen LogP contribution >= 0.6 is 0 Å². The lowest BCUT2D eigenvalue weighted by Gasteiger charge is -2.24. The molecule has 0 aliphatic heterocycles. The third-order valence-corrected chi connectivity index (χ3v) is 6.77. The Morgan fingerprint density at radius 3 is 1.21 bits per heavy atom. The van der Waals surface area contributed by atoms with Crippen LogP contribution in [-0.2, 0) is 0 Å². The molecule has 0 radical (unpaired) electrons. The molecule has 0 atom stereocenters. The molecule has 2 aliphatic carbocycles. The van der Waals surface area contributed by atoms with Crippen molar-refractivity contribution in [1.29, 1.82) is 0 Å². The van der Waals surface area contributed by atoms with Gasteiger partial charge in [0.25, 0.3) is 0 Å². The first-order chi connectivity index (χ1) is 16.5. The Hall–Kier alpha value is -3.40. The number of nitrogens with zero attached hydrogens (tertiary/aromatic N) is 2. The maximum atomic E-state index is 13.6. The van der Waals surface area contributed by atoms with Gasteiger partial charge in [-0.25, -0.2) is 0 Å². The van der Waals surface area contributed by atoms with Gasteiger partial charge in [0.05, 0.1) is 23.5 Å². The second kappa shape index (κ2) is 10.3. The number of rotatable bonds is 7. The van der Waals surface area contributed by atoms with E-state index in [1.165, 1.54) is 0 Å². The van der Waals surface area contributed by atoms with Gasteiger partial charge < -0.3 is 0 Å². The Kier molecular flexibility index (Phi) is 7.16. The van der Waals surface area contributed by atoms with Gasteiger partial charge >= 0.3 is 0 Å². The smallest absolute Gasteiger partial charge is 0.194 e. The number of ketones is 2. The number of carbonyl (C=O) groups is 2. The van der Waals surface area contributed by atoms with Crippen molar-refractivity contribution in [3.05, 3.63) is 94.1 Å². The van der Waals surface area contributed by atoms with Gasteiger partial charge in [0.15, 0.2) is 11.6 Å². The number of allylic oxidation sites excluding steroid dienone is 4. The van der Waals surface area contributed by atoms with Crippen molar-refractivity contribution in [2.24, 2.45) is 9.98 Å². The van der Waals surface area contributed by atoms with Crippen LogP contribution in [-0.4, -0.2) is 35.1 Å². The molecule has 2 aromatic carbocycles. The van der Waals surface area contributed by atoms with Crippen molar-refractivity contribution in [3.8, 4) is 0 Å². The number of benzene rings is 2. The molecule has 0 amide bonds. The third-order valence-electron chi connectivity index (χ3n) is 6.77. The highest BCUT2D eigenvalue weighted by Crippen LogP contribution is 2.32. The normalized spacial score (nSPS) is 17.8. The lowest BCUT2D eigenvalue weighted by Crippen LogP contribution is -2.26. The van der Waals surface area contributed by atoms with Gasteiger partial charge in [0.1, 0.15) is 0 Å². The van der Waals surface area contributed by atoms with Gasteiger partial charge in [-0.05, 0) is 37.8 Å². The van der Waals surface area contributed by atoms with E-state index in [0.717, 1.165) is 48.2 Å². The van der Waals surface area contributed by atoms with Crippen LogP contribution in [0.4, 0.5) is 0 Å². The zero-order valence-electron chi connectivity index (χ0n) is 20.5. The summed E-state index contributed by atoms with van der Waals surface area (Å²) in [7, 11) is 0. The van der Waals surface area contributed by atoms with Crippen LogP contribution in [0.3, 0.4) is 0 Å². The summed E-state index contributed by atoms with van der Waals surface area (Å²) in [5.41, 5.74) is 5.19. The van der Waals surface area contributed by atoms with Crippen LogP contribution in [0.5, 0.6) is 0 Å². The van der Waals surface area contributed by atoms with E-state index in [4.69, 9.17) is 9.98 Å². The molecule has 0 saturated heterocycles. The average molecular weight is 453 g/mol. The van der Waals surface area contributed by atoms with Gasteiger partial charge in [0.2, 0.25) is 0 Å². The molecule has 0 N–H and O–H groups in total. The SMILES string of the molecule is CCC(CC)/N=C1/C=C(C2=C/C(=N\C(CC)CC)c3ccccc3C2=O)C(=O)c2ccccc21. The van der Waals surface area contributed by atoms with Gasteiger partial charge in [-0.2, -0.15) is 0 Å². The van der Waals surface area contributed by atoms with E-state index in [1.807, 2.05) is 60.7 Å². The summed E-state index contributed by atoms with van der Waals surface area (Å²) >= 11 is 0. The molecule has 0 heterocycles. The summed E-state index contributed by atoms with van der Waals surface area (Å²) in [6.07, 6.45) is 7.30. The summed E-state index contributed by atoms with van der Waals surface area (Å²) < 4.78 is 0. The highest BCUT2D eigenvalue weighted by atomic mass is 16.1. The zero-order chi connectivity index (χ0) is 24.2. The predicted molar refractivity (Wildman–Crippen MR) is 140 cm³/mol. The number of aliphatic imine (C=N–C) groups is 2.